The third-order valence-electron chi connectivity index (χ3n) is 4.09. The molecule has 1 aliphatic carbocycles. The average Bonchev–Trinajstić information content (AvgIpc) is 2.92. The van der Waals surface area contributed by atoms with Crippen LogP contribution in [0.15, 0.2) is 18.2 Å². The van der Waals surface area contributed by atoms with Crippen LogP contribution >= 0.6 is 0 Å². The Morgan fingerprint density at radius 3 is 2.89 bits per heavy atom. The van der Waals surface area contributed by atoms with Crippen LogP contribution in [0.25, 0.3) is 0 Å². The van der Waals surface area contributed by atoms with Gasteiger partial charge in [-0.2, -0.15) is 0 Å². The molecular weight excluding hydrogens is 230 g/mol. The summed E-state index contributed by atoms with van der Waals surface area (Å²) in [6, 6.07) is 5.63. The van der Waals surface area contributed by atoms with Crippen molar-refractivity contribution in [1.29, 1.82) is 0 Å². The topological polar surface area (TPSA) is 55.4 Å². The molecular formula is C14H15NO3. The fourth-order valence-corrected chi connectivity index (χ4v) is 3.13. The molecule has 1 spiro atoms. The molecule has 1 aromatic carbocycles. The summed E-state index contributed by atoms with van der Waals surface area (Å²) in [5.74, 6) is -0.197. The Morgan fingerprint density at radius 1 is 1.39 bits per heavy atom. The number of fused-ring (bicyclic) bond motifs is 1. The monoisotopic (exact) mass is 245 g/mol. The van der Waals surface area contributed by atoms with Gasteiger partial charge in [0, 0.05) is 6.54 Å². The molecule has 1 aliphatic heterocycles. The lowest BCUT2D eigenvalue weighted by Crippen LogP contribution is -2.31. The second-order valence-corrected chi connectivity index (χ2v) is 5.07. The van der Waals surface area contributed by atoms with Crippen LogP contribution in [0.5, 0.6) is 0 Å². The SMILES string of the molecule is COC(=O)c1cccc2c1CC1(CCNC1=O)C2. The van der Waals surface area contributed by atoms with Gasteiger partial charge in [-0.05, 0) is 36.5 Å². The molecule has 4 nitrogen and oxygen atoms in total. The van der Waals surface area contributed by atoms with Crippen molar-refractivity contribution in [3.05, 3.63) is 34.9 Å². The molecule has 1 unspecified atom stereocenters. The second-order valence-electron chi connectivity index (χ2n) is 5.07. The van der Waals surface area contributed by atoms with Crippen molar-refractivity contribution in [2.24, 2.45) is 5.41 Å². The number of esters is 1. The summed E-state index contributed by atoms with van der Waals surface area (Å²) in [6.45, 7) is 0.736. The van der Waals surface area contributed by atoms with Crippen LogP contribution in [0.1, 0.15) is 27.9 Å². The lowest BCUT2D eigenvalue weighted by Gasteiger charge is -2.18. The van der Waals surface area contributed by atoms with E-state index < -0.39 is 0 Å². The highest BCUT2D eigenvalue weighted by Gasteiger charge is 2.47. The number of ether oxygens (including phenoxy) is 1. The van der Waals surface area contributed by atoms with Gasteiger partial charge in [0.05, 0.1) is 18.1 Å². The lowest BCUT2D eigenvalue weighted by atomic mass is 9.83. The number of hydrogen-bond acceptors (Lipinski definition) is 3. The van der Waals surface area contributed by atoms with Gasteiger partial charge in [0.1, 0.15) is 0 Å². The van der Waals surface area contributed by atoms with E-state index in [1.54, 1.807) is 6.07 Å². The van der Waals surface area contributed by atoms with Crippen LogP contribution in [0.4, 0.5) is 0 Å². The van der Waals surface area contributed by atoms with Gasteiger partial charge in [-0.25, -0.2) is 4.79 Å². The highest BCUT2D eigenvalue weighted by molar-refractivity contribution is 5.93. The van der Waals surface area contributed by atoms with Crippen LogP contribution < -0.4 is 5.32 Å². The summed E-state index contributed by atoms with van der Waals surface area (Å²) in [5.41, 5.74) is 2.37. The molecule has 0 aromatic heterocycles. The first-order chi connectivity index (χ1) is 8.66. The van der Waals surface area contributed by atoms with E-state index in [9.17, 15) is 9.59 Å². The molecule has 1 atom stereocenters. The Kier molecular flexibility index (Phi) is 2.40. The molecule has 1 aromatic rings. The predicted octanol–water partition coefficient (Wildman–Crippen LogP) is 1.08. The number of hydrogen-bond donors (Lipinski definition) is 1. The summed E-state index contributed by atoms with van der Waals surface area (Å²) >= 11 is 0. The maximum atomic E-state index is 12.0. The average molecular weight is 245 g/mol. The molecule has 94 valence electrons. The summed E-state index contributed by atoms with van der Waals surface area (Å²) in [5, 5.41) is 2.89. The quantitative estimate of drug-likeness (QED) is 0.753. The van der Waals surface area contributed by atoms with Crippen LogP contribution in [0, 0.1) is 5.41 Å². The molecule has 0 bridgehead atoms. The molecule has 2 aliphatic rings. The van der Waals surface area contributed by atoms with Crippen molar-refractivity contribution >= 4 is 11.9 Å². The maximum absolute atomic E-state index is 12.0. The van der Waals surface area contributed by atoms with Crippen LogP contribution in [0.3, 0.4) is 0 Å². The van der Waals surface area contributed by atoms with Gasteiger partial charge in [0.2, 0.25) is 5.91 Å². The summed E-state index contributed by atoms with van der Waals surface area (Å²) in [6.07, 6.45) is 2.24. The molecule has 1 heterocycles. The predicted molar refractivity (Wildman–Crippen MR) is 65.2 cm³/mol. The third kappa shape index (κ3) is 1.45. The van der Waals surface area contributed by atoms with Crippen LogP contribution in [-0.4, -0.2) is 25.5 Å². The van der Waals surface area contributed by atoms with E-state index in [2.05, 4.69) is 5.32 Å². The molecule has 1 saturated heterocycles. The Balaban J connectivity index is 2.03. The van der Waals surface area contributed by atoms with Gasteiger partial charge in [0.15, 0.2) is 0 Å². The number of carbonyl (C=O) groups excluding carboxylic acids is 2. The molecule has 18 heavy (non-hydrogen) atoms. The highest BCUT2D eigenvalue weighted by atomic mass is 16.5. The molecule has 1 N–H and O–H groups in total. The molecule has 0 saturated carbocycles. The number of rotatable bonds is 1. The van der Waals surface area contributed by atoms with E-state index in [-0.39, 0.29) is 17.3 Å². The summed E-state index contributed by atoms with van der Waals surface area (Å²) in [7, 11) is 1.38. The lowest BCUT2D eigenvalue weighted by molar-refractivity contribution is -0.127. The van der Waals surface area contributed by atoms with Gasteiger partial charge in [-0.1, -0.05) is 12.1 Å². The molecule has 1 fully saturated rings. The zero-order valence-electron chi connectivity index (χ0n) is 10.3. The van der Waals surface area contributed by atoms with E-state index >= 15 is 0 Å². The van der Waals surface area contributed by atoms with Crippen molar-refractivity contribution < 1.29 is 14.3 Å². The minimum absolute atomic E-state index is 0.120. The van der Waals surface area contributed by atoms with Crippen LogP contribution in [0.2, 0.25) is 0 Å². The Bertz CT molecular complexity index is 538. The van der Waals surface area contributed by atoms with Crippen molar-refractivity contribution in [3.8, 4) is 0 Å². The first kappa shape index (κ1) is 11.3. The normalized spacial score (nSPS) is 25.1. The second kappa shape index (κ2) is 3.83. The fourth-order valence-electron chi connectivity index (χ4n) is 3.13. The number of nitrogens with one attached hydrogen (secondary N) is 1. The minimum atomic E-state index is -0.327. The molecule has 4 heteroatoms. The van der Waals surface area contributed by atoms with Gasteiger partial charge in [-0.3, -0.25) is 4.79 Å². The zero-order chi connectivity index (χ0) is 12.8. The first-order valence-corrected chi connectivity index (χ1v) is 6.14. The van der Waals surface area contributed by atoms with Gasteiger partial charge in [-0.15, -0.1) is 0 Å². The largest absolute Gasteiger partial charge is 0.465 e. The van der Waals surface area contributed by atoms with E-state index in [1.807, 2.05) is 12.1 Å². The fraction of sp³-hybridized carbons (Fsp3) is 0.429. The summed E-state index contributed by atoms with van der Waals surface area (Å²) < 4.78 is 4.80. The van der Waals surface area contributed by atoms with Crippen LogP contribution in [-0.2, 0) is 22.4 Å². The van der Waals surface area contributed by atoms with Crippen molar-refractivity contribution in [1.82, 2.24) is 5.32 Å². The van der Waals surface area contributed by atoms with Gasteiger partial charge < -0.3 is 10.1 Å². The highest BCUT2D eigenvalue weighted by Crippen LogP contribution is 2.43. The van der Waals surface area contributed by atoms with Gasteiger partial charge in [0.25, 0.3) is 0 Å². The number of benzene rings is 1. The summed E-state index contributed by atoms with van der Waals surface area (Å²) in [4.78, 5) is 23.7. The number of carbonyl (C=O) groups is 2. The minimum Gasteiger partial charge on any atom is -0.465 e. The van der Waals surface area contributed by atoms with Crippen molar-refractivity contribution in [2.75, 3.05) is 13.7 Å². The number of amides is 1. The molecule has 3 rings (SSSR count). The van der Waals surface area contributed by atoms with Crippen molar-refractivity contribution in [2.45, 2.75) is 19.3 Å². The molecule has 0 radical (unpaired) electrons. The number of methoxy groups -OCH3 is 1. The Morgan fingerprint density at radius 2 is 2.22 bits per heavy atom. The van der Waals surface area contributed by atoms with E-state index in [0.717, 1.165) is 30.5 Å². The Labute approximate surface area is 105 Å². The van der Waals surface area contributed by atoms with E-state index in [0.29, 0.717) is 12.0 Å². The Hall–Kier alpha value is -1.84. The first-order valence-electron chi connectivity index (χ1n) is 6.14. The molecule has 1 amide bonds. The van der Waals surface area contributed by atoms with Gasteiger partial charge >= 0.3 is 5.97 Å². The van der Waals surface area contributed by atoms with E-state index in [4.69, 9.17) is 4.74 Å². The van der Waals surface area contributed by atoms with Crippen molar-refractivity contribution in [3.63, 3.8) is 0 Å². The smallest absolute Gasteiger partial charge is 0.338 e. The third-order valence-corrected chi connectivity index (χ3v) is 4.09. The standard InChI is InChI=1S/C14H15NO3/c1-18-12(16)10-4-2-3-9-7-14(8-11(9)10)5-6-15-13(14)17/h2-4H,5-8H2,1H3,(H,15,17). The van der Waals surface area contributed by atoms with E-state index in [1.165, 1.54) is 7.11 Å². The maximum Gasteiger partial charge on any atom is 0.338 e. The zero-order valence-corrected chi connectivity index (χ0v) is 10.3.